The summed E-state index contributed by atoms with van der Waals surface area (Å²) in [6.45, 7) is 0. The van der Waals surface area contributed by atoms with Crippen LogP contribution in [0.4, 0.5) is 30.7 Å². The standard InChI is InChI=1S/C19H15F7N2O2/c20-14-3-1-10(2-4-14)7-15(17(27)30)28-16(29)8-11-5-12(18(21,22)23)9-13(6-11)19(24,25)26/h1-6,9,15H,7-8H2,(H2,27,30)(H,28,29)/t15-/m1/s1. The van der Waals surface area contributed by atoms with Crippen molar-refractivity contribution in [3.63, 3.8) is 0 Å². The maximum absolute atomic E-state index is 12.9. The van der Waals surface area contributed by atoms with Gasteiger partial charge in [0.05, 0.1) is 17.5 Å². The summed E-state index contributed by atoms with van der Waals surface area (Å²) in [4.78, 5) is 23.7. The lowest BCUT2D eigenvalue weighted by atomic mass is 10.0. The van der Waals surface area contributed by atoms with Crippen LogP contribution in [-0.2, 0) is 34.8 Å². The Morgan fingerprint density at radius 2 is 1.37 bits per heavy atom. The Bertz CT molecular complexity index is 890. The number of nitrogens with two attached hydrogens (primary N) is 1. The molecule has 2 aromatic rings. The largest absolute Gasteiger partial charge is 0.416 e. The first-order valence-electron chi connectivity index (χ1n) is 8.37. The second kappa shape index (κ2) is 8.72. The number of amides is 2. The van der Waals surface area contributed by atoms with Gasteiger partial charge in [0, 0.05) is 6.42 Å². The molecule has 0 heterocycles. The molecular weight excluding hydrogens is 421 g/mol. The number of carbonyl (C=O) groups excluding carboxylic acids is 2. The SMILES string of the molecule is NC(=O)[C@@H](Cc1ccc(F)cc1)NC(=O)Cc1cc(C(F)(F)F)cc(C(F)(F)F)c1. The van der Waals surface area contributed by atoms with Gasteiger partial charge in [0.15, 0.2) is 0 Å². The van der Waals surface area contributed by atoms with Crippen molar-refractivity contribution in [2.75, 3.05) is 0 Å². The molecule has 0 bridgehead atoms. The van der Waals surface area contributed by atoms with Crippen molar-refractivity contribution >= 4 is 11.8 Å². The summed E-state index contributed by atoms with van der Waals surface area (Å²) in [5.74, 6) is -2.52. The zero-order valence-electron chi connectivity index (χ0n) is 15.1. The van der Waals surface area contributed by atoms with Gasteiger partial charge in [0.25, 0.3) is 0 Å². The quantitative estimate of drug-likeness (QED) is 0.680. The maximum Gasteiger partial charge on any atom is 0.416 e. The summed E-state index contributed by atoms with van der Waals surface area (Å²) in [5, 5.41) is 2.17. The Hall–Kier alpha value is -3.11. The Morgan fingerprint density at radius 1 is 0.867 bits per heavy atom. The summed E-state index contributed by atoms with van der Waals surface area (Å²) < 4.78 is 90.4. The monoisotopic (exact) mass is 436 g/mol. The Morgan fingerprint density at radius 3 is 1.80 bits per heavy atom. The number of carbonyl (C=O) groups is 2. The smallest absolute Gasteiger partial charge is 0.368 e. The summed E-state index contributed by atoms with van der Waals surface area (Å²) in [5.41, 5.74) is 1.97. The van der Waals surface area contributed by atoms with E-state index in [-0.39, 0.29) is 12.5 Å². The van der Waals surface area contributed by atoms with E-state index in [2.05, 4.69) is 5.32 Å². The summed E-state index contributed by atoms with van der Waals surface area (Å²) >= 11 is 0. The van der Waals surface area contributed by atoms with Crippen molar-refractivity contribution in [2.24, 2.45) is 5.73 Å². The third-order valence-corrected chi connectivity index (χ3v) is 4.04. The highest BCUT2D eigenvalue weighted by Gasteiger charge is 2.37. The first kappa shape index (κ1) is 23.2. The third kappa shape index (κ3) is 6.46. The van der Waals surface area contributed by atoms with Gasteiger partial charge >= 0.3 is 12.4 Å². The maximum atomic E-state index is 12.9. The van der Waals surface area contributed by atoms with Crippen LogP contribution >= 0.6 is 0 Å². The lowest BCUT2D eigenvalue weighted by Gasteiger charge is -2.17. The first-order valence-corrected chi connectivity index (χ1v) is 8.37. The molecule has 4 nitrogen and oxygen atoms in total. The zero-order valence-corrected chi connectivity index (χ0v) is 15.1. The molecule has 11 heteroatoms. The van der Waals surface area contributed by atoms with Crippen molar-refractivity contribution in [3.05, 3.63) is 70.5 Å². The van der Waals surface area contributed by atoms with Crippen LogP contribution in [0.1, 0.15) is 22.3 Å². The Kier molecular flexibility index (Phi) is 6.73. The van der Waals surface area contributed by atoms with Crippen LogP contribution < -0.4 is 11.1 Å². The van der Waals surface area contributed by atoms with Crippen LogP contribution in [0.3, 0.4) is 0 Å². The van der Waals surface area contributed by atoms with Gasteiger partial charge in [-0.25, -0.2) is 4.39 Å². The van der Waals surface area contributed by atoms with Crippen LogP contribution in [-0.4, -0.2) is 17.9 Å². The van der Waals surface area contributed by atoms with Crippen LogP contribution in [0.15, 0.2) is 42.5 Å². The molecule has 0 aliphatic carbocycles. The minimum atomic E-state index is -5.05. The molecule has 3 N–H and O–H groups in total. The fourth-order valence-electron chi connectivity index (χ4n) is 2.63. The number of halogens is 7. The molecule has 0 unspecified atom stereocenters. The number of rotatable bonds is 6. The Labute approximate surface area is 165 Å². The van der Waals surface area contributed by atoms with Gasteiger partial charge in [0.1, 0.15) is 11.9 Å². The molecule has 0 fully saturated rings. The van der Waals surface area contributed by atoms with E-state index >= 15 is 0 Å². The van der Waals surface area contributed by atoms with E-state index in [1.807, 2.05) is 0 Å². The number of hydrogen-bond acceptors (Lipinski definition) is 2. The molecular formula is C19H15F7N2O2. The van der Waals surface area contributed by atoms with Gasteiger partial charge in [-0.15, -0.1) is 0 Å². The minimum Gasteiger partial charge on any atom is -0.368 e. The predicted molar refractivity (Wildman–Crippen MR) is 91.4 cm³/mol. The molecule has 2 rings (SSSR count). The second-order valence-corrected chi connectivity index (χ2v) is 6.44. The van der Waals surface area contributed by atoms with Crippen molar-refractivity contribution in [1.82, 2.24) is 5.32 Å². The van der Waals surface area contributed by atoms with E-state index in [1.54, 1.807) is 0 Å². The van der Waals surface area contributed by atoms with E-state index in [0.717, 1.165) is 12.1 Å². The number of nitrogens with one attached hydrogen (secondary N) is 1. The predicted octanol–water partition coefficient (Wildman–Crippen LogP) is 3.62. The molecule has 0 spiro atoms. The van der Waals surface area contributed by atoms with E-state index in [4.69, 9.17) is 5.73 Å². The van der Waals surface area contributed by atoms with E-state index in [9.17, 15) is 40.3 Å². The summed E-state index contributed by atoms with van der Waals surface area (Å²) in [6, 6.07) is 4.38. The molecule has 162 valence electrons. The highest BCUT2D eigenvalue weighted by Crippen LogP contribution is 2.36. The van der Waals surface area contributed by atoms with Gasteiger partial charge < -0.3 is 11.1 Å². The van der Waals surface area contributed by atoms with Gasteiger partial charge in [-0.05, 0) is 41.5 Å². The van der Waals surface area contributed by atoms with Crippen LogP contribution in [0.2, 0.25) is 0 Å². The second-order valence-electron chi connectivity index (χ2n) is 6.44. The van der Waals surface area contributed by atoms with Crippen LogP contribution in [0, 0.1) is 5.82 Å². The molecule has 0 radical (unpaired) electrons. The number of hydrogen-bond donors (Lipinski definition) is 2. The van der Waals surface area contributed by atoms with Crippen LogP contribution in [0.25, 0.3) is 0 Å². The number of alkyl halides is 6. The highest BCUT2D eigenvalue weighted by molar-refractivity contribution is 5.87. The van der Waals surface area contributed by atoms with E-state index in [1.165, 1.54) is 12.1 Å². The summed E-state index contributed by atoms with van der Waals surface area (Å²) in [7, 11) is 0. The Balaban J connectivity index is 2.20. The first-order chi connectivity index (χ1) is 13.8. The van der Waals surface area contributed by atoms with Crippen molar-refractivity contribution in [1.29, 1.82) is 0 Å². The highest BCUT2D eigenvalue weighted by atomic mass is 19.4. The molecule has 0 saturated carbocycles. The lowest BCUT2D eigenvalue weighted by Crippen LogP contribution is -2.46. The molecule has 0 saturated heterocycles. The molecule has 0 aromatic heterocycles. The summed E-state index contributed by atoms with van der Waals surface area (Å²) in [6.07, 6.45) is -11.1. The minimum absolute atomic E-state index is 0.0534. The van der Waals surface area contributed by atoms with Gasteiger partial charge in [-0.2, -0.15) is 26.3 Å². The fraction of sp³-hybridized carbons (Fsp3) is 0.263. The molecule has 0 aliphatic heterocycles. The van der Waals surface area contributed by atoms with Gasteiger partial charge in [0.2, 0.25) is 11.8 Å². The van der Waals surface area contributed by atoms with Crippen molar-refractivity contribution in [2.45, 2.75) is 31.2 Å². The number of benzene rings is 2. The van der Waals surface area contributed by atoms with Crippen molar-refractivity contribution in [3.8, 4) is 0 Å². The van der Waals surface area contributed by atoms with E-state index < -0.39 is 59.1 Å². The normalized spacial score (nSPS) is 13.0. The third-order valence-electron chi connectivity index (χ3n) is 4.04. The topological polar surface area (TPSA) is 72.2 Å². The van der Waals surface area contributed by atoms with E-state index in [0.29, 0.717) is 17.7 Å². The fourth-order valence-corrected chi connectivity index (χ4v) is 2.63. The average Bonchev–Trinajstić information content (AvgIpc) is 2.61. The van der Waals surface area contributed by atoms with Gasteiger partial charge in [-0.3, -0.25) is 9.59 Å². The lowest BCUT2D eigenvalue weighted by molar-refractivity contribution is -0.143. The van der Waals surface area contributed by atoms with Gasteiger partial charge in [-0.1, -0.05) is 12.1 Å². The molecule has 2 aromatic carbocycles. The average molecular weight is 436 g/mol. The van der Waals surface area contributed by atoms with Crippen LogP contribution in [0.5, 0.6) is 0 Å². The molecule has 30 heavy (non-hydrogen) atoms. The number of primary amides is 1. The molecule has 2 amide bonds. The molecule has 1 atom stereocenters. The molecule has 0 aliphatic rings. The zero-order chi connectivity index (χ0) is 22.7. The van der Waals surface area contributed by atoms with Crippen molar-refractivity contribution < 1.29 is 40.3 Å².